The van der Waals surface area contributed by atoms with E-state index in [4.69, 9.17) is 11.6 Å². The summed E-state index contributed by atoms with van der Waals surface area (Å²) in [7, 11) is 1.83. The lowest BCUT2D eigenvalue weighted by atomic mass is 10.1. The van der Waals surface area contributed by atoms with E-state index >= 15 is 0 Å². The van der Waals surface area contributed by atoms with E-state index in [1.807, 2.05) is 14.0 Å². The van der Waals surface area contributed by atoms with E-state index in [0.29, 0.717) is 6.54 Å². The molecule has 0 spiro atoms. The molecule has 0 heterocycles. The summed E-state index contributed by atoms with van der Waals surface area (Å²) in [4.78, 5) is 22.0. The molecule has 0 aliphatic carbocycles. The number of amides is 1. The summed E-state index contributed by atoms with van der Waals surface area (Å²) in [5, 5.41) is 16.6. The van der Waals surface area contributed by atoms with Crippen LogP contribution in [0.3, 0.4) is 0 Å². The van der Waals surface area contributed by atoms with Crippen LogP contribution in [0.25, 0.3) is 0 Å². The van der Waals surface area contributed by atoms with Gasteiger partial charge in [-0.3, -0.25) is 14.9 Å². The maximum absolute atomic E-state index is 11.9. The normalized spacial score (nSPS) is 11.9. The number of hydrogen-bond donors (Lipinski definition) is 2. The highest BCUT2D eigenvalue weighted by Gasteiger charge is 2.16. The molecule has 1 rings (SSSR count). The zero-order valence-corrected chi connectivity index (χ0v) is 11.5. The summed E-state index contributed by atoms with van der Waals surface area (Å²) in [5.41, 5.74) is -0.0367. The van der Waals surface area contributed by atoms with Crippen LogP contribution in [0.4, 0.5) is 5.69 Å². The average Bonchev–Trinajstić information content (AvgIpc) is 2.36. The highest BCUT2D eigenvalue weighted by molar-refractivity contribution is 6.33. The molecule has 1 aromatic rings. The van der Waals surface area contributed by atoms with Crippen LogP contribution in [0.1, 0.15) is 17.3 Å². The Morgan fingerprint density at radius 1 is 1.47 bits per heavy atom. The van der Waals surface area contributed by atoms with Gasteiger partial charge in [-0.1, -0.05) is 18.5 Å². The van der Waals surface area contributed by atoms with Crippen LogP contribution in [0.15, 0.2) is 18.2 Å². The van der Waals surface area contributed by atoms with Gasteiger partial charge in [-0.05, 0) is 25.6 Å². The Morgan fingerprint density at radius 3 is 2.74 bits per heavy atom. The fraction of sp³-hybridized carbons (Fsp3) is 0.417. The van der Waals surface area contributed by atoms with Gasteiger partial charge in [-0.25, -0.2) is 0 Å². The lowest BCUT2D eigenvalue weighted by Crippen LogP contribution is -2.32. The maximum atomic E-state index is 11.9. The lowest BCUT2D eigenvalue weighted by Gasteiger charge is -2.12. The fourth-order valence-corrected chi connectivity index (χ4v) is 1.79. The molecular weight excluding hydrogens is 270 g/mol. The molecule has 0 aliphatic heterocycles. The van der Waals surface area contributed by atoms with Crippen molar-refractivity contribution >= 4 is 23.2 Å². The zero-order chi connectivity index (χ0) is 14.4. The predicted octanol–water partition coefficient (Wildman–Crippen LogP) is 1.83. The van der Waals surface area contributed by atoms with Gasteiger partial charge in [-0.2, -0.15) is 0 Å². The van der Waals surface area contributed by atoms with Crippen molar-refractivity contribution < 1.29 is 9.72 Å². The van der Waals surface area contributed by atoms with Gasteiger partial charge < -0.3 is 10.6 Å². The van der Waals surface area contributed by atoms with Crippen molar-refractivity contribution in [3.8, 4) is 0 Å². The molecule has 0 radical (unpaired) electrons. The van der Waals surface area contributed by atoms with Crippen LogP contribution in [-0.4, -0.2) is 31.0 Å². The molecule has 0 saturated carbocycles. The van der Waals surface area contributed by atoms with Crippen LogP contribution in [-0.2, 0) is 0 Å². The lowest BCUT2D eigenvalue weighted by molar-refractivity contribution is -0.384. The molecule has 1 atom stereocenters. The van der Waals surface area contributed by atoms with Gasteiger partial charge in [0, 0.05) is 18.7 Å². The van der Waals surface area contributed by atoms with Crippen molar-refractivity contribution in [2.45, 2.75) is 6.92 Å². The number of nitrogens with zero attached hydrogens (tertiary/aromatic N) is 1. The Hall–Kier alpha value is -1.66. The Morgan fingerprint density at radius 2 is 2.16 bits per heavy atom. The smallest absolute Gasteiger partial charge is 0.270 e. The Labute approximate surface area is 116 Å². The topological polar surface area (TPSA) is 84.3 Å². The summed E-state index contributed by atoms with van der Waals surface area (Å²) in [5.74, 6) is -0.150. The number of nitro benzene ring substituents is 1. The Bertz CT molecular complexity index is 479. The standard InChI is InChI=1S/C12H16ClN3O3/c1-8(6-14-2)7-15-12(17)10-5-9(16(18)19)3-4-11(10)13/h3-5,8,14H,6-7H2,1-2H3,(H,15,17). The van der Waals surface area contributed by atoms with Gasteiger partial charge in [0.1, 0.15) is 0 Å². The SMILES string of the molecule is CNCC(C)CNC(=O)c1cc([N+](=O)[O-])ccc1Cl. The van der Waals surface area contributed by atoms with Gasteiger partial charge in [0.2, 0.25) is 0 Å². The molecule has 0 aromatic heterocycles. The number of nitrogens with one attached hydrogen (secondary N) is 2. The van der Waals surface area contributed by atoms with Crippen LogP contribution >= 0.6 is 11.6 Å². The van der Waals surface area contributed by atoms with Crippen molar-refractivity contribution in [1.29, 1.82) is 0 Å². The number of nitro groups is 1. The number of halogens is 1. The van der Waals surface area contributed by atoms with E-state index < -0.39 is 10.8 Å². The first-order valence-corrected chi connectivity index (χ1v) is 6.20. The minimum atomic E-state index is -0.559. The third-order valence-electron chi connectivity index (χ3n) is 2.57. The number of hydrogen-bond acceptors (Lipinski definition) is 4. The Kier molecular flexibility index (Phi) is 5.72. The van der Waals surface area contributed by atoms with Crippen LogP contribution in [0.5, 0.6) is 0 Å². The molecule has 0 saturated heterocycles. The average molecular weight is 286 g/mol. The molecule has 1 unspecified atom stereocenters. The number of carbonyl (C=O) groups excluding carboxylic acids is 1. The van der Waals surface area contributed by atoms with E-state index in [1.54, 1.807) is 0 Å². The van der Waals surface area contributed by atoms with Crippen molar-refractivity contribution in [2.75, 3.05) is 20.1 Å². The first-order valence-electron chi connectivity index (χ1n) is 5.82. The molecule has 0 aliphatic rings. The second kappa shape index (κ2) is 7.06. The second-order valence-corrected chi connectivity index (χ2v) is 4.70. The molecule has 0 fully saturated rings. The second-order valence-electron chi connectivity index (χ2n) is 4.29. The van der Waals surface area contributed by atoms with Gasteiger partial charge in [-0.15, -0.1) is 0 Å². The van der Waals surface area contributed by atoms with E-state index in [-0.39, 0.29) is 22.2 Å². The van der Waals surface area contributed by atoms with Crippen molar-refractivity contribution in [1.82, 2.24) is 10.6 Å². The molecule has 6 nitrogen and oxygen atoms in total. The third-order valence-corrected chi connectivity index (χ3v) is 2.90. The van der Waals surface area contributed by atoms with Gasteiger partial charge in [0.05, 0.1) is 15.5 Å². The monoisotopic (exact) mass is 285 g/mol. The zero-order valence-electron chi connectivity index (χ0n) is 10.8. The minimum Gasteiger partial charge on any atom is -0.352 e. The summed E-state index contributed by atoms with van der Waals surface area (Å²) < 4.78 is 0. The van der Waals surface area contributed by atoms with Crippen LogP contribution in [0, 0.1) is 16.0 Å². The van der Waals surface area contributed by atoms with Crippen molar-refractivity contribution in [3.05, 3.63) is 38.9 Å². The highest BCUT2D eigenvalue weighted by Crippen LogP contribution is 2.21. The van der Waals surface area contributed by atoms with Crippen LogP contribution in [0.2, 0.25) is 5.02 Å². The number of rotatable bonds is 6. The van der Waals surface area contributed by atoms with Gasteiger partial charge in [0.15, 0.2) is 0 Å². The van der Waals surface area contributed by atoms with Gasteiger partial charge in [0.25, 0.3) is 11.6 Å². The highest BCUT2D eigenvalue weighted by atomic mass is 35.5. The first kappa shape index (κ1) is 15.4. The Balaban J connectivity index is 2.76. The fourth-order valence-electron chi connectivity index (χ4n) is 1.58. The molecule has 19 heavy (non-hydrogen) atoms. The molecule has 7 heteroatoms. The molecular formula is C12H16ClN3O3. The molecule has 1 amide bonds. The molecule has 104 valence electrons. The number of carbonyl (C=O) groups is 1. The first-order chi connectivity index (χ1) is 8.95. The van der Waals surface area contributed by atoms with Crippen molar-refractivity contribution in [2.24, 2.45) is 5.92 Å². The summed E-state index contributed by atoms with van der Waals surface area (Å²) in [6.45, 7) is 3.22. The molecule has 0 bridgehead atoms. The summed E-state index contributed by atoms with van der Waals surface area (Å²) in [6, 6.07) is 3.80. The van der Waals surface area contributed by atoms with Crippen molar-refractivity contribution in [3.63, 3.8) is 0 Å². The van der Waals surface area contributed by atoms with E-state index in [2.05, 4.69) is 10.6 Å². The van der Waals surface area contributed by atoms with E-state index in [0.717, 1.165) is 6.54 Å². The molecule has 1 aromatic carbocycles. The number of non-ortho nitro benzene ring substituents is 1. The maximum Gasteiger partial charge on any atom is 0.270 e. The largest absolute Gasteiger partial charge is 0.352 e. The van der Waals surface area contributed by atoms with Crippen LogP contribution < -0.4 is 10.6 Å². The summed E-state index contributed by atoms with van der Waals surface area (Å²) >= 11 is 5.88. The quantitative estimate of drug-likeness (QED) is 0.617. The predicted molar refractivity (Wildman–Crippen MR) is 73.5 cm³/mol. The van der Waals surface area contributed by atoms with Gasteiger partial charge >= 0.3 is 0 Å². The molecule has 2 N–H and O–H groups in total. The number of benzene rings is 1. The minimum absolute atomic E-state index is 0.118. The summed E-state index contributed by atoms with van der Waals surface area (Å²) in [6.07, 6.45) is 0. The van der Waals surface area contributed by atoms with E-state index in [1.165, 1.54) is 18.2 Å². The van der Waals surface area contributed by atoms with E-state index in [9.17, 15) is 14.9 Å². The third kappa shape index (κ3) is 4.50.